The van der Waals surface area contributed by atoms with Crippen LogP contribution in [0.3, 0.4) is 0 Å². The second-order valence-electron chi connectivity index (χ2n) is 5.04. The molecule has 1 heterocycles. The number of likely N-dealkylation sites (tertiary alicyclic amines) is 1. The van der Waals surface area contributed by atoms with Crippen LogP contribution in [0, 0.1) is 23.7 Å². The van der Waals surface area contributed by atoms with Crippen molar-refractivity contribution in [2.24, 2.45) is 29.4 Å². The summed E-state index contributed by atoms with van der Waals surface area (Å²) < 4.78 is 0. The van der Waals surface area contributed by atoms with Gasteiger partial charge in [-0.3, -0.25) is 19.3 Å². The van der Waals surface area contributed by atoms with Crippen molar-refractivity contribution < 1.29 is 14.4 Å². The molecule has 5 nitrogen and oxygen atoms in total. The average Bonchev–Trinajstić information content (AvgIpc) is 2.92. The fourth-order valence-electron chi connectivity index (χ4n) is 3.41. The molecule has 3 aliphatic rings. The largest absolute Gasteiger partial charge is 0.370 e. The molecular weight excluding hydrogens is 220 g/mol. The van der Waals surface area contributed by atoms with E-state index in [0.717, 1.165) is 6.42 Å². The van der Waals surface area contributed by atoms with Gasteiger partial charge in [-0.2, -0.15) is 0 Å². The maximum Gasteiger partial charge on any atom is 0.233 e. The first-order chi connectivity index (χ1) is 8.09. The van der Waals surface area contributed by atoms with Gasteiger partial charge in [0.05, 0.1) is 11.8 Å². The zero-order valence-electron chi connectivity index (χ0n) is 9.33. The molecule has 2 aliphatic carbocycles. The van der Waals surface area contributed by atoms with Crippen LogP contribution in [0.5, 0.6) is 0 Å². The van der Waals surface area contributed by atoms with E-state index in [9.17, 15) is 14.4 Å². The number of nitrogens with zero attached hydrogens (tertiary/aromatic N) is 1. The molecule has 2 N–H and O–H groups in total. The predicted molar refractivity (Wildman–Crippen MR) is 58.2 cm³/mol. The fraction of sp³-hybridized carbons (Fsp3) is 0.583. The van der Waals surface area contributed by atoms with Crippen LogP contribution in [0.2, 0.25) is 0 Å². The van der Waals surface area contributed by atoms with Crippen molar-refractivity contribution >= 4 is 17.7 Å². The molecule has 3 amide bonds. The van der Waals surface area contributed by atoms with Gasteiger partial charge in [0, 0.05) is 13.0 Å². The van der Waals surface area contributed by atoms with Gasteiger partial charge in [0.1, 0.15) is 0 Å². The number of fused-ring (bicyclic) bond motifs is 5. The summed E-state index contributed by atoms with van der Waals surface area (Å²) in [6.07, 6.45) is 5.08. The minimum atomic E-state index is -0.483. The van der Waals surface area contributed by atoms with Crippen molar-refractivity contribution in [1.29, 1.82) is 0 Å². The third-order valence-electron chi connectivity index (χ3n) is 4.14. The number of nitrogens with two attached hydrogens (primary N) is 1. The van der Waals surface area contributed by atoms with E-state index in [-0.39, 0.29) is 48.5 Å². The monoisotopic (exact) mass is 234 g/mol. The lowest BCUT2D eigenvalue weighted by molar-refractivity contribution is -0.140. The van der Waals surface area contributed by atoms with Crippen LogP contribution in [0.4, 0.5) is 0 Å². The van der Waals surface area contributed by atoms with Crippen LogP contribution in [0.1, 0.15) is 12.8 Å². The number of rotatable bonds is 3. The van der Waals surface area contributed by atoms with Crippen molar-refractivity contribution in [1.82, 2.24) is 4.90 Å². The summed E-state index contributed by atoms with van der Waals surface area (Å²) in [6.45, 7) is 0.138. The van der Waals surface area contributed by atoms with Crippen LogP contribution < -0.4 is 5.73 Å². The molecule has 1 saturated heterocycles. The molecule has 17 heavy (non-hydrogen) atoms. The molecular formula is C12H14N2O3. The second kappa shape index (κ2) is 3.42. The minimum absolute atomic E-state index is 0.0552. The van der Waals surface area contributed by atoms with Gasteiger partial charge in [0.25, 0.3) is 0 Å². The zero-order chi connectivity index (χ0) is 12.2. The third-order valence-corrected chi connectivity index (χ3v) is 4.14. The highest BCUT2D eigenvalue weighted by Crippen LogP contribution is 2.52. The number of amides is 3. The minimum Gasteiger partial charge on any atom is -0.370 e. The molecule has 4 atom stereocenters. The summed E-state index contributed by atoms with van der Waals surface area (Å²) in [4.78, 5) is 36.2. The Labute approximate surface area is 98.6 Å². The highest BCUT2D eigenvalue weighted by Gasteiger charge is 2.58. The summed E-state index contributed by atoms with van der Waals surface area (Å²) in [5.74, 6) is -0.615. The maximum absolute atomic E-state index is 12.1. The van der Waals surface area contributed by atoms with E-state index >= 15 is 0 Å². The standard InChI is InChI=1S/C12H14N2O3/c13-8(15)3-4-14-11(16)9-6-1-2-7(5-6)10(9)12(14)17/h1-2,6-7,9-10H,3-5H2,(H2,13,15)/t6-,7-,9-,10+/m0/s1. The van der Waals surface area contributed by atoms with Gasteiger partial charge in [-0.1, -0.05) is 12.2 Å². The first-order valence-corrected chi connectivity index (χ1v) is 5.91. The lowest BCUT2D eigenvalue weighted by Gasteiger charge is -2.15. The van der Waals surface area contributed by atoms with Crippen LogP contribution in [-0.4, -0.2) is 29.2 Å². The Morgan fingerprint density at radius 1 is 1.24 bits per heavy atom. The van der Waals surface area contributed by atoms with Crippen molar-refractivity contribution in [3.8, 4) is 0 Å². The van der Waals surface area contributed by atoms with Gasteiger partial charge in [-0.25, -0.2) is 0 Å². The van der Waals surface area contributed by atoms with Gasteiger partial charge in [-0.15, -0.1) is 0 Å². The van der Waals surface area contributed by atoms with Gasteiger partial charge >= 0.3 is 0 Å². The van der Waals surface area contributed by atoms with E-state index < -0.39 is 5.91 Å². The third kappa shape index (κ3) is 1.34. The first kappa shape index (κ1) is 10.5. The molecule has 3 rings (SSSR count). The van der Waals surface area contributed by atoms with E-state index in [0.29, 0.717) is 0 Å². The molecule has 0 unspecified atom stereocenters. The van der Waals surface area contributed by atoms with Crippen molar-refractivity contribution in [2.45, 2.75) is 12.8 Å². The molecule has 0 aromatic heterocycles. The molecule has 90 valence electrons. The van der Waals surface area contributed by atoms with E-state index in [1.165, 1.54) is 4.90 Å². The van der Waals surface area contributed by atoms with Crippen molar-refractivity contribution in [2.75, 3.05) is 6.54 Å². The molecule has 0 radical (unpaired) electrons. The molecule has 0 aromatic carbocycles. The Morgan fingerprint density at radius 3 is 2.24 bits per heavy atom. The van der Waals surface area contributed by atoms with E-state index in [2.05, 4.69) is 12.2 Å². The van der Waals surface area contributed by atoms with Gasteiger partial charge in [-0.05, 0) is 18.3 Å². The molecule has 5 heteroatoms. The molecule has 1 saturated carbocycles. The number of hydrogen-bond donors (Lipinski definition) is 1. The van der Waals surface area contributed by atoms with E-state index in [1.807, 2.05) is 0 Å². The van der Waals surface area contributed by atoms with Crippen LogP contribution in [-0.2, 0) is 14.4 Å². The highest BCUT2D eigenvalue weighted by atomic mass is 16.2. The van der Waals surface area contributed by atoms with Crippen molar-refractivity contribution in [3.05, 3.63) is 12.2 Å². The number of primary amides is 1. The lowest BCUT2D eigenvalue weighted by atomic mass is 9.85. The number of allylic oxidation sites excluding steroid dienone is 2. The van der Waals surface area contributed by atoms with Crippen LogP contribution >= 0.6 is 0 Å². The van der Waals surface area contributed by atoms with E-state index in [4.69, 9.17) is 5.73 Å². The maximum atomic E-state index is 12.1. The quantitative estimate of drug-likeness (QED) is 0.536. The Morgan fingerprint density at radius 2 is 1.76 bits per heavy atom. The molecule has 2 fully saturated rings. The summed E-state index contributed by atoms with van der Waals surface area (Å²) in [5, 5.41) is 0. The number of carbonyl (C=O) groups is 3. The molecule has 0 aromatic rings. The topological polar surface area (TPSA) is 80.5 Å². The van der Waals surface area contributed by atoms with Gasteiger partial charge < -0.3 is 5.73 Å². The highest BCUT2D eigenvalue weighted by molar-refractivity contribution is 6.06. The number of carbonyl (C=O) groups excluding carboxylic acids is 3. The van der Waals surface area contributed by atoms with E-state index in [1.54, 1.807) is 0 Å². The first-order valence-electron chi connectivity index (χ1n) is 5.91. The SMILES string of the molecule is NC(=O)CCN1C(=O)[C@@H]2[C@H](C1=O)[C@H]1C=C[C@H]2C1. The Balaban J connectivity index is 1.80. The smallest absolute Gasteiger partial charge is 0.233 e. The fourth-order valence-corrected chi connectivity index (χ4v) is 3.41. The summed E-state index contributed by atoms with van der Waals surface area (Å²) >= 11 is 0. The zero-order valence-corrected chi connectivity index (χ0v) is 9.33. The number of imide groups is 1. The Hall–Kier alpha value is -1.65. The summed E-state index contributed by atoms with van der Waals surface area (Å²) in [5.41, 5.74) is 5.04. The van der Waals surface area contributed by atoms with Crippen molar-refractivity contribution in [3.63, 3.8) is 0 Å². The lowest BCUT2D eigenvalue weighted by Crippen LogP contribution is -2.35. The molecule has 2 bridgehead atoms. The Bertz CT molecular complexity index is 413. The Kier molecular flexibility index (Phi) is 2.11. The predicted octanol–water partition coefficient (Wildman–Crippen LogP) is -0.331. The van der Waals surface area contributed by atoms with Crippen LogP contribution in [0.15, 0.2) is 12.2 Å². The van der Waals surface area contributed by atoms with Gasteiger partial charge in [0.2, 0.25) is 17.7 Å². The number of hydrogen-bond acceptors (Lipinski definition) is 3. The summed E-state index contributed by atoms with van der Waals surface area (Å²) in [7, 11) is 0. The summed E-state index contributed by atoms with van der Waals surface area (Å²) in [6, 6.07) is 0. The average molecular weight is 234 g/mol. The van der Waals surface area contributed by atoms with Crippen LogP contribution in [0.25, 0.3) is 0 Å². The normalized spacial score (nSPS) is 38.0. The second-order valence-corrected chi connectivity index (χ2v) is 5.04. The molecule has 1 aliphatic heterocycles. The molecule has 0 spiro atoms. The van der Waals surface area contributed by atoms with Gasteiger partial charge in [0.15, 0.2) is 0 Å².